The van der Waals surface area contributed by atoms with Gasteiger partial charge in [0, 0.05) is 21.8 Å². The molecule has 0 atom stereocenters. The van der Waals surface area contributed by atoms with Gasteiger partial charge >= 0.3 is 5.97 Å². The Morgan fingerprint density at radius 3 is 1.96 bits per heavy atom. The Morgan fingerprint density at radius 1 is 0.833 bits per heavy atom. The van der Waals surface area contributed by atoms with Gasteiger partial charge in [-0.25, -0.2) is 4.79 Å². The minimum Gasteiger partial charge on any atom is -0.425 e. The fourth-order valence-electron chi connectivity index (χ4n) is 3.07. The molecule has 0 radical (unpaired) electrons. The first-order valence-corrected chi connectivity index (χ1v) is 7.96. The summed E-state index contributed by atoms with van der Waals surface area (Å²) < 4.78 is 7.50. The molecule has 0 bridgehead atoms. The van der Waals surface area contributed by atoms with Gasteiger partial charge in [0.25, 0.3) is 0 Å². The molecule has 0 aliphatic rings. The van der Waals surface area contributed by atoms with E-state index >= 15 is 0 Å². The maximum atomic E-state index is 12.4. The Labute approximate surface area is 140 Å². The number of benzene rings is 3. The standard InChI is InChI=1S/C21H17NO2/c1-15-10-12-16(13-11-15)24-21(23)14-22-19-8-4-2-6-17(19)18-7-3-5-9-20(18)22/h2-13H,14H2,1H3. The summed E-state index contributed by atoms with van der Waals surface area (Å²) in [7, 11) is 0. The number of nitrogens with zero attached hydrogens (tertiary/aromatic N) is 1. The number of hydrogen-bond acceptors (Lipinski definition) is 2. The minimum atomic E-state index is -0.273. The van der Waals surface area contributed by atoms with E-state index < -0.39 is 0 Å². The first kappa shape index (κ1) is 14.5. The van der Waals surface area contributed by atoms with E-state index in [1.807, 2.05) is 72.2 Å². The van der Waals surface area contributed by atoms with Crippen molar-refractivity contribution in [2.24, 2.45) is 0 Å². The largest absolute Gasteiger partial charge is 0.425 e. The van der Waals surface area contributed by atoms with E-state index in [2.05, 4.69) is 12.1 Å². The third-order valence-corrected chi connectivity index (χ3v) is 4.22. The number of para-hydroxylation sites is 2. The molecule has 4 rings (SSSR count). The molecular formula is C21H17NO2. The third kappa shape index (κ3) is 2.54. The highest BCUT2D eigenvalue weighted by Gasteiger charge is 2.13. The topological polar surface area (TPSA) is 31.2 Å². The number of fused-ring (bicyclic) bond motifs is 3. The third-order valence-electron chi connectivity index (χ3n) is 4.22. The van der Waals surface area contributed by atoms with Crippen LogP contribution in [0.4, 0.5) is 0 Å². The SMILES string of the molecule is Cc1ccc(OC(=O)Cn2c3ccccc3c3ccccc32)cc1. The summed E-state index contributed by atoms with van der Waals surface area (Å²) in [6.07, 6.45) is 0. The second kappa shape index (κ2) is 5.85. The Balaban J connectivity index is 1.70. The lowest BCUT2D eigenvalue weighted by atomic mass is 10.2. The molecule has 1 aromatic heterocycles. The molecule has 0 amide bonds. The van der Waals surface area contributed by atoms with Crippen molar-refractivity contribution in [1.82, 2.24) is 4.57 Å². The maximum Gasteiger partial charge on any atom is 0.331 e. The fourth-order valence-corrected chi connectivity index (χ4v) is 3.07. The molecule has 0 spiro atoms. The van der Waals surface area contributed by atoms with E-state index in [-0.39, 0.29) is 12.5 Å². The average molecular weight is 315 g/mol. The fraction of sp³-hybridized carbons (Fsp3) is 0.0952. The van der Waals surface area contributed by atoms with Gasteiger partial charge in [-0.05, 0) is 31.2 Å². The monoisotopic (exact) mass is 315 g/mol. The molecule has 0 aliphatic heterocycles. The lowest BCUT2D eigenvalue weighted by molar-refractivity contribution is -0.134. The molecular weight excluding hydrogens is 298 g/mol. The second-order valence-corrected chi connectivity index (χ2v) is 5.91. The zero-order valence-corrected chi connectivity index (χ0v) is 13.4. The molecule has 3 nitrogen and oxygen atoms in total. The molecule has 0 saturated carbocycles. The van der Waals surface area contributed by atoms with Gasteiger partial charge in [0.1, 0.15) is 12.3 Å². The van der Waals surface area contributed by atoms with Crippen LogP contribution in [-0.2, 0) is 11.3 Å². The van der Waals surface area contributed by atoms with E-state index in [4.69, 9.17) is 4.74 Å². The van der Waals surface area contributed by atoms with Gasteiger partial charge < -0.3 is 9.30 Å². The van der Waals surface area contributed by atoms with Crippen molar-refractivity contribution >= 4 is 27.8 Å². The van der Waals surface area contributed by atoms with Crippen LogP contribution in [0.2, 0.25) is 0 Å². The molecule has 1 heterocycles. The molecule has 3 heteroatoms. The number of aryl methyl sites for hydroxylation is 1. The number of esters is 1. The minimum absolute atomic E-state index is 0.182. The quantitative estimate of drug-likeness (QED) is 0.405. The van der Waals surface area contributed by atoms with Gasteiger partial charge in [0.05, 0.1) is 0 Å². The lowest BCUT2D eigenvalue weighted by Gasteiger charge is -2.08. The summed E-state index contributed by atoms with van der Waals surface area (Å²) in [5, 5.41) is 2.30. The van der Waals surface area contributed by atoms with Crippen LogP contribution in [0.25, 0.3) is 21.8 Å². The summed E-state index contributed by atoms with van der Waals surface area (Å²) in [4.78, 5) is 12.4. The maximum absolute atomic E-state index is 12.4. The molecule has 0 N–H and O–H groups in total. The molecule has 0 unspecified atom stereocenters. The van der Waals surface area contributed by atoms with E-state index in [0.717, 1.165) is 27.4 Å². The van der Waals surface area contributed by atoms with E-state index in [1.54, 1.807) is 0 Å². The Morgan fingerprint density at radius 2 is 1.38 bits per heavy atom. The molecule has 0 fully saturated rings. The predicted octanol–water partition coefficient (Wildman–Crippen LogP) is 4.71. The van der Waals surface area contributed by atoms with E-state index in [0.29, 0.717) is 5.75 Å². The van der Waals surface area contributed by atoms with Gasteiger partial charge in [0.15, 0.2) is 0 Å². The zero-order valence-electron chi connectivity index (χ0n) is 13.4. The van der Waals surface area contributed by atoms with Crippen molar-refractivity contribution in [3.05, 3.63) is 78.4 Å². The number of carbonyl (C=O) groups excluding carboxylic acids is 1. The van der Waals surface area contributed by atoms with Crippen LogP contribution in [0.3, 0.4) is 0 Å². The van der Waals surface area contributed by atoms with Gasteiger partial charge in [-0.1, -0.05) is 54.1 Å². The van der Waals surface area contributed by atoms with Gasteiger partial charge in [-0.2, -0.15) is 0 Å². The molecule has 0 saturated heterocycles. The van der Waals surface area contributed by atoms with Crippen molar-refractivity contribution < 1.29 is 9.53 Å². The number of hydrogen-bond donors (Lipinski definition) is 0. The van der Waals surface area contributed by atoms with Crippen molar-refractivity contribution in [3.8, 4) is 5.75 Å². The number of rotatable bonds is 3. The predicted molar refractivity (Wildman–Crippen MR) is 96.3 cm³/mol. The molecule has 4 aromatic rings. The summed E-state index contributed by atoms with van der Waals surface area (Å²) in [6.45, 7) is 2.19. The highest BCUT2D eigenvalue weighted by molar-refractivity contribution is 6.08. The van der Waals surface area contributed by atoms with E-state index in [1.165, 1.54) is 0 Å². The number of aromatic nitrogens is 1. The van der Waals surface area contributed by atoms with E-state index in [9.17, 15) is 4.79 Å². The second-order valence-electron chi connectivity index (χ2n) is 5.91. The van der Waals surface area contributed by atoms with Crippen LogP contribution in [0, 0.1) is 6.92 Å². The summed E-state index contributed by atoms with van der Waals surface area (Å²) in [5.74, 6) is 0.303. The van der Waals surface area contributed by atoms with Gasteiger partial charge in [0.2, 0.25) is 0 Å². The first-order valence-electron chi connectivity index (χ1n) is 7.96. The van der Waals surface area contributed by atoms with Gasteiger partial charge in [-0.3, -0.25) is 0 Å². The first-order chi connectivity index (χ1) is 11.7. The highest BCUT2D eigenvalue weighted by Crippen LogP contribution is 2.28. The van der Waals surface area contributed by atoms with Crippen molar-refractivity contribution in [2.75, 3.05) is 0 Å². The van der Waals surface area contributed by atoms with Crippen LogP contribution in [-0.4, -0.2) is 10.5 Å². The normalized spacial score (nSPS) is 11.0. The van der Waals surface area contributed by atoms with Crippen LogP contribution in [0.1, 0.15) is 5.56 Å². The molecule has 3 aromatic carbocycles. The van der Waals surface area contributed by atoms with Crippen molar-refractivity contribution in [2.45, 2.75) is 13.5 Å². The van der Waals surface area contributed by atoms with Crippen LogP contribution in [0.5, 0.6) is 5.75 Å². The smallest absolute Gasteiger partial charge is 0.331 e. The van der Waals surface area contributed by atoms with Crippen LogP contribution >= 0.6 is 0 Å². The van der Waals surface area contributed by atoms with Crippen LogP contribution < -0.4 is 4.74 Å². The Hall–Kier alpha value is -3.07. The summed E-state index contributed by atoms with van der Waals surface area (Å²) in [6, 6.07) is 23.8. The zero-order chi connectivity index (χ0) is 16.5. The van der Waals surface area contributed by atoms with Crippen molar-refractivity contribution in [3.63, 3.8) is 0 Å². The lowest BCUT2D eigenvalue weighted by Crippen LogP contribution is -2.16. The summed E-state index contributed by atoms with van der Waals surface area (Å²) in [5.41, 5.74) is 3.22. The van der Waals surface area contributed by atoms with Crippen molar-refractivity contribution in [1.29, 1.82) is 0 Å². The molecule has 0 aliphatic carbocycles. The van der Waals surface area contributed by atoms with Gasteiger partial charge in [-0.15, -0.1) is 0 Å². The number of ether oxygens (including phenoxy) is 1. The molecule has 118 valence electrons. The summed E-state index contributed by atoms with van der Waals surface area (Å²) >= 11 is 0. The Bertz CT molecular complexity index is 976. The molecule has 24 heavy (non-hydrogen) atoms. The van der Waals surface area contributed by atoms with Crippen LogP contribution in [0.15, 0.2) is 72.8 Å². The number of carbonyl (C=O) groups is 1. The highest BCUT2D eigenvalue weighted by atomic mass is 16.5. The average Bonchev–Trinajstić information content (AvgIpc) is 2.92. The Kier molecular flexibility index (Phi) is 3.54.